The van der Waals surface area contributed by atoms with Gasteiger partial charge in [0.05, 0.1) is 10.7 Å². The SMILES string of the molecule is c1ccc2c(c1)S[C@H]1N[C@@H]2Sc2ccccc21. The van der Waals surface area contributed by atoms with Crippen molar-refractivity contribution in [2.24, 2.45) is 0 Å². The largest absolute Gasteiger partial charge is 0.285 e. The topological polar surface area (TPSA) is 12.0 Å². The molecule has 0 amide bonds. The zero-order chi connectivity index (χ0) is 11.2. The van der Waals surface area contributed by atoms with Crippen LogP contribution in [-0.4, -0.2) is 0 Å². The Balaban J connectivity index is 1.86. The third-order valence-electron chi connectivity index (χ3n) is 3.20. The number of nitrogens with one attached hydrogen (secondary N) is 1. The van der Waals surface area contributed by atoms with E-state index in [4.69, 9.17) is 0 Å². The van der Waals surface area contributed by atoms with E-state index < -0.39 is 0 Å². The molecule has 0 aliphatic carbocycles. The molecule has 1 N–H and O–H groups in total. The van der Waals surface area contributed by atoms with Crippen LogP contribution < -0.4 is 5.32 Å². The molecule has 0 unspecified atom stereocenters. The van der Waals surface area contributed by atoms with Gasteiger partial charge in [0.15, 0.2) is 0 Å². The molecule has 0 spiro atoms. The monoisotopic (exact) mass is 257 g/mol. The van der Waals surface area contributed by atoms with E-state index >= 15 is 0 Å². The third-order valence-corrected chi connectivity index (χ3v) is 5.70. The van der Waals surface area contributed by atoms with Crippen molar-refractivity contribution >= 4 is 23.5 Å². The second-order valence-corrected chi connectivity index (χ2v) is 6.53. The molecular weight excluding hydrogens is 246 g/mol. The van der Waals surface area contributed by atoms with Crippen LogP contribution in [0.5, 0.6) is 0 Å². The van der Waals surface area contributed by atoms with Crippen LogP contribution >= 0.6 is 23.5 Å². The Morgan fingerprint density at radius 1 is 0.706 bits per heavy atom. The molecule has 1 nitrogen and oxygen atoms in total. The first-order valence-corrected chi connectivity index (χ1v) is 7.45. The average molecular weight is 257 g/mol. The molecule has 2 bridgehead atoms. The van der Waals surface area contributed by atoms with Crippen LogP contribution in [0.4, 0.5) is 0 Å². The molecule has 2 heterocycles. The summed E-state index contributed by atoms with van der Waals surface area (Å²) in [7, 11) is 0. The lowest BCUT2D eigenvalue weighted by Gasteiger charge is -2.37. The van der Waals surface area contributed by atoms with E-state index in [0.29, 0.717) is 10.7 Å². The van der Waals surface area contributed by atoms with Gasteiger partial charge in [0, 0.05) is 9.79 Å². The molecule has 3 heteroatoms. The summed E-state index contributed by atoms with van der Waals surface area (Å²) in [4.78, 5) is 2.84. The fourth-order valence-electron chi connectivity index (χ4n) is 2.37. The summed E-state index contributed by atoms with van der Waals surface area (Å²) in [5.41, 5.74) is 2.85. The van der Waals surface area contributed by atoms with Crippen LogP contribution in [0.1, 0.15) is 21.9 Å². The summed E-state index contributed by atoms with van der Waals surface area (Å²) in [6, 6.07) is 17.4. The standard InChI is InChI=1S/C14H11NS2/c1-3-7-11-9(5-1)13-15-14(16-11)10-6-2-4-8-12(10)17-13/h1-8,13-15H/t13-,14-/m1/s1. The summed E-state index contributed by atoms with van der Waals surface area (Å²) in [5, 5.41) is 4.51. The molecular formula is C14H11NS2. The van der Waals surface area contributed by atoms with Gasteiger partial charge in [-0.2, -0.15) is 0 Å². The van der Waals surface area contributed by atoms with Crippen molar-refractivity contribution in [3.05, 3.63) is 59.7 Å². The molecule has 2 atom stereocenters. The van der Waals surface area contributed by atoms with Crippen LogP contribution in [0.25, 0.3) is 0 Å². The van der Waals surface area contributed by atoms with Gasteiger partial charge >= 0.3 is 0 Å². The van der Waals surface area contributed by atoms with Crippen LogP contribution in [0.15, 0.2) is 58.3 Å². The van der Waals surface area contributed by atoms with Gasteiger partial charge in [0.1, 0.15) is 0 Å². The fourth-order valence-corrected chi connectivity index (χ4v) is 5.15. The van der Waals surface area contributed by atoms with Crippen molar-refractivity contribution < 1.29 is 0 Å². The van der Waals surface area contributed by atoms with Gasteiger partial charge in [-0.15, -0.1) is 23.5 Å². The minimum absolute atomic E-state index is 0.410. The average Bonchev–Trinajstić information content (AvgIpc) is 2.39. The first-order chi connectivity index (χ1) is 8.42. The summed E-state index contributed by atoms with van der Waals surface area (Å²) in [6.45, 7) is 0. The van der Waals surface area contributed by atoms with Crippen molar-refractivity contribution in [3.8, 4) is 0 Å². The van der Waals surface area contributed by atoms with Gasteiger partial charge in [-0.05, 0) is 23.3 Å². The van der Waals surface area contributed by atoms with E-state index in [9.17, 15) is 0 Å². The first-order valence-electron chi connectivity index (χ1n) is 5.69. The molecule has 2 aliphatic rings. The second-order valence-electron chi connectivity index (χ2n) is 4.24. The van der Waals surface area contributed by atoms with Crippen molar-refractivity contribution in [1.82, 2.24) is 5.32 Å². The molecule has 2 aromatic rings. The Morgan fingerprint density at radius 2 is 1.18 bits per heavy atom. The number of hydrogen-bond acceptors (Lipinski definition) is 3. The minimum atomic E-state index is 0.410. The highest BCUT2D eigenvalue weighted by Crippen LogP contribution is 2.54. The smallest absolute Gasteiger partial charge is 0.0858 e. The maximum absolute atomic E-state index is 3.69. The van der Waals surface area contributed by atoms with Gasteiger partial charge in [0.2, 0.25) is 0 Å². The van der Waals surface area contributed by atoms with E-state index in [0.717, 1.165) is 0 Å². The Kier molecular flexibility index (Phi) is 2.25. The number of thioether (sulfide) groups is 2. The van der Waals surface area contributed by atoms with Gasteiger partial charge in [-0.25, -0.2) is 0 Å². The highest BCUT2D eigenvalue weighted by molar-refractivity contribution is 8.01. The summed E-state index contributed by atoms with van der Waals surface area (Å²) >= 11 is 3.86. The lowest BCUT2D eigenvalue weighted by atomic mass is 10.1. The Labute approximate surface area is 109 Å². The lowest BCUT2D eigenvalue weighted by molar-refractivity contribution is 0.619. The van der Waals surface area contributed by atoms with Gasteiger partial charge < -0.3 is 0 Å². The van der Waals surface area contributed by atoms with E-state index in [2.05, 4.69) is 53.8 Å². The van der Waals surface area contributed by atoms with E-state index in [1.54, 1.807) is 0 Å². The highest BCUT2D eigenvalue weighted by Gasteiger charge is 2.33. The predicted molar refractivity (Wildman–Crippen MR) is 73.2 cm³/mol. The fraction of sp³-hybridized carbons (Fsp3) is 0.143. The maximum Gasteiger partial charge on any atom is 0.0858 e. The predicted octanol–water partition coefficient (Wildman–Crippen LogP) is 4.19. The molecule has 2 aliphatic heterocycles. The lowest BCUT2D eigenvalue weighted by Crippen LogP contribution is -2.30. The third kappa shape index (κ3) is 1.53. The van der Waals surface area contributed by atoms with Crippen LogP contribution in [0, 0.1) is 0 Å². The Bertz CT molecular complexity index is 530. The molecule has 0 fully saturated rings. The quantitative estimate of drug-likeness (QED) is 0.760. The number of hydrogen-bond donors (Lipinski definition) is 1. The zero-order valence-corrected chi connectivity index (χ0v) is 10.7. The van der Waals surface area contributed by atoms with Crippen LogP contribution in [0.2, 0.25) is 0 Å². The first kappa shape index (κ1) is 10.1. The van der Waals surface area contributed by atoms with Crippen molar-refractivity contribution in [2.75, 3.05) is 0 Å². The molecule has 4 rings (SSSR count). The normalized spacial score (nSPS) is 24.9. The van der Waals surface area contributed by atoms with Crippen molar-refractivity contribution in [3.63, 3.8) is 0 Å². The zero-order valence-electron chi connectivity index (χ0n) is 9.09. The van der Waals surface area contributed by atoms with Crippen molar-refractivity contribution in [2.45, 2.75) is 20.5 Å². The van der Waals surface area contributed by atoms with Gasteiger partial charge in [-0.1, -0.05) is 36.4 Å². The molecule has 84 valence electrons. The number of rotatable bonds is 0. The van der Waals surface area contributed by atoms with E-state index in [-0.39, 0.29) is 0 Å². The molecule has 2 aromatic carbocycles. The van der Waals surface area contributed by atoms with E-state index in [1.165, 1.54) is 20.9 Å². The minimum Gasteiger partial charge on any atom is -0.285 e. The second kappa shape index (κ2) is 3.80. The Morgan fingerprint density at radius 3 is 1.71 bits per heavy atom. The molecule has 17 heavy (non-hydrogen) atoms. The molecule has 0 radical (unpaired) electrons. The molecule has 0 aromatic heterocycles. The summed E-state index contributed by atoms with van der Waals surface area (Å²) < 4.78 is 0. The van der Waals surface area contributed by atoms with Gasteiger partial charge in [0.25, 0.3) is 0 Å². The number of benzene rings is 2. The number of fused-ring (bicyclic) bond motifs is 6. The molecule has 0 saturated heterocycles. The van der Waals surface area contributed by atoms with Gasteiger partial charge in [-0.3, -0.25) is 5.32 Å². The van der Waals surface area contributed by atoms with Crippen LogP contribution in [0.3, 0.4) is 0 Å². The highest BCUT2D eigenvalue weighted by atomic mass is 32.2. The summed E-state index contributed by atoms with van der Waals surface area (Å²) in [6.07, 6.45) is 0. The Hall–Kier alpha value is -0.900. The van der Waals surface area contributed by atoms with E-state index in [1.807, 2.05) is 23.5 Å². The summed E-state index contributed by atoms with van der Waals surface area (Å²) in [5.74, 6) is 0. The van der Waals surface area contributed by atoms with Crippen LogP contribution in [-0.2, 0) is 0 Å². The van der Waals surface area contributed by atoms with Crippen molar-refractivity contribution in [1.29, 1.82) is 0 Å². The maximum atomic E-state index is 3.69. The molecule has 0 saturated carbocycles.